The number of aliphatic hydroxyl groups excluding tert-OH is 1. The summed E-state index contributed by atoms with van der Waals surface area (Å²) in [5.41, 5.74) is 5.54. The van der Waals surface area contributed by atoms with Crippen molar-refractivity contribution in [3.05, 3.63) is 0 Å². The van der Waals surface area contributed by atoms with Gasteiger partial charge >= 0.3 is 5.97 Å². The molecule has 0 bridgehead atoms. The van der Waals surface area contributed by atoms with Crippen LogP contribution in [0.4, 0.5) is 0 Å². The van der Waals surface area contributed by atoms with E-state index < -0.39 is 24.0 Å². The van der Waals surface area contributed by atoms with E-state index in [9.17, 15) is 9.59 Å². The Bertz CT molecular complexity index is 230. The van der Waals surface area contributed by atoms with E-state index in [-0.39, 0.29) is 18.9 Å². The first-order chi connectivity index (χ1) is 6.90. The van der Waals surface area contributed by atoms with Gasteiger partial charge in [-0.25, -0.2) is 4.79 Å². The van der Waals surface area contributed by atoms with Crippen LogP contribution in [-0.4, -0.2) is 40.8 Å². The predicted molar refractivity (Wildman–Crippen MR) is 54.1 cm³/mol. The Morgan fingerprint density at radius 1 is 1.40 bits per heavy atom. The lowest BCUT2D eigenvalue weighted by molar-refractivity contribution is -0.142. The van der Waals surface area contributed by atoms with Gasteiger partial charge in [-0.2, -0.15) is 0 Å². The highest BCUT2D eigenvalue weighted by Gasteiger charge is 2.24. The third-order valence-corrected chi connectivity index (χ3v) is 2.05. The molecule has 0 saturated carbocycles. The Morgan fingerprint density at radius 2 is 1.93 bits per heavy atom. The van der Waals surface area contributed by atoms with Crippen molar-refractivity contribution >= 4 is 11.9 Å². The van der Waals surface area contributed by atoms with Gasteiger partial charge in [0.2, 0.25) is 5.91 Å². The molecule has 0 spiro atoms. The van der Waals surface area contributed by atoms with Crippen molar-refractivity contribution in [1.29, 1.82) is 0 Å². The molecule has 0 saturated heterocycles. The zero-order chi connectivity index (χ0) is 12.0. The standard InChI is InChI=1S/C9H18N2O4/c1-5(2)7(10)8(13)11-6(3-4-12)9(14)15/h5-7,12H,3-4,10H2,1-2H3,(H,11,13)(H,14,15)/t6-,7?/m1/s1. The summed E-state index contributed by atoms with van der Waals surface area (Å²) in [6.07, 6.45) is -0.0219. The maximum atomic E-state index is 11.4. The minimum Gasteiger partial charge on any atom is -0.480 e. The number of nitrogens with two attached hydrogens (primary N) is 1. The molecule has 0 fully saturated rings. The maximum Gasteiger partial charge on any atom is 0.326 e. The Hall–Kier alpha value is -1.14. The number of hydrogen-bond donors (Lipinski definition) is 4. The fraction of sp³-hybridized carbons (Fsp3) is 0.778. The van der Waals surface area contributed by atoms with Gasteiger partial charge < -0.3 is 21.3 Å². The van der Waals surface area contributed by atoms with E-state index in [1.165, 1.54) is 0 Å². The molecule has 0 aliphatic heterocycles. The van der Waals surface area contributed by atoms with Gasteiger partial charge in [0.15, 0.2) is 0 Å². The molecular formula is C9H18N2O4. The van der Waals surface area contributed by atoms with E-state index in [0.717, 1.165) is 0 Å². The molecule has 88 valence electrons. The smallest absolute Gasteiger partial charge is 0.326 e. The average Bonchev–Trinajstić information content (AvgIpc) is 2.15. The zero-order valence-electron chi connectivity index (χ0n) is 8.93. The summed E-state index contributed by atoms with van der Waals surface area (Å²) in [4.78, 5) is 22.0. The second-order valence-electron chi connectivity index (χ2n) is 3.68. The minimum absolute atomic E-state index is 0.0219. The van der Waals surface area contributed by atoms with Crippen molar-refractivity contribution in [2.75, 3.05) is 6.61 Å². The predicted octanol–water partition coefficient (Wildman–Crippen LogP) is -1.08. The van der Waals surface area contributed by atoms with Crippen LogP contribution >= 0.6 is 0 Å². The van der Waals surface area contributed by atoms with Gasteiger partial charge in [0.05, 0.1) is 6.04 Å². The van der Waals surface area contributed by atoms with E-state index in [4.69, 9.17) is 15.9 Å². The molecule has 0 aromatic rings. The maximum absolute atomic E-state index is 11.4. The Labute approximate surface area is 88.5 Å². The van der Waals surface area contributed by atoms with Crippen LogP contribution in [-0.2, 0) is 9.59 Å². The van der Waals surface area contributed by atoms with Crippen LogP contribution in [0.1, 0.15) is 20.3 Å². The zero-order valence-corrected chi connectivity index (χ0v) is 8.93. The van der Waals surface area contributed by atoms with Crippen LogP contribution in [0, 0.1) is 5.92 Å². The second kappa shape index (κ2) is 6.36. The molecule has 0 rings (SSSR count). The topological polar surface area (TPSA) is 113 Å². The van der Waals surface area contributed by atoms with Gasteiger partial charge in [-0.05, 0) is 5.92 Å². The molecule has 1 unspecified atom stereocenters. The van der Waals surface area contributed by atoms with Gasteiger partial charge in [0, 0.05) is 13.0 Å². The molecule has 15 heavy (non-hydrogen) atoms. The van der Waals surface area contributed by atoms with Gasteiger partial charge in [-0.3, -0.25) is 4.79 Å². The summed E-state index contributed by atoms with van der Waals surface area (Å²) in [5.74, 6) is -1.74. The van der Waals surface area contributed by atoms with Crippen LogP contribution < -0.4 is 11.1 Å². The van der Waals surface area contributed by atoms with Crippen LogP contribution in [0.5, 0.6) is 0 Å². The van der Waals surface area contributed by atoms with Crippen LogP contribution in [0.2, 0.25) is 0 Å². The third-order valence-electron chi connectivity index (χ3n) is 2.05. The first-order valence-electron chi connectivity index (χ1n) is 4.79. The molecule has 1 amide bonds. The Balaban J connectivity index is 4.28. The van der Waals surface area contributed by atoms with E-state index in [1.807, 2.05) is 0 Å². The monoisotopic (exact) mass is 218 g/mol. The van der Waals surface area contributed by atoms with Gasteiger partial charge in [-0.1, -0.05) is 13.8 Å². The van der Waals surface area contributed by atoms with Crippen LogP contribution in [0.3, 0.4) is 0 Å². The highest BCUT2D eigenvalue weighted by atomic mass is 16.4. The number of carboxylic acids is 1. The van der Waals surface area contributed by atoms with Crippen molar-refractivity contribution in [3.63, 3.8) is 0 Å². The van der Waals surface area contributed by atoms with E-state index in [0.29, 0.717) is 0 Å². The summed E-state index contributed by atoms with van der Waals surface area (Å²) in [5, 5.41) is 19.6. The van der Waals surface area contributed by atoms with Crippen molar-refractivity contribution in [2.45, 2.75) is 32.4 Å². The quantitative estimate of drug-likeness (QED) is 0.453. The number of nitrogens with one attached hydrogen (secondary N) is 1. The lowest BCUT2D eigenvalue weighted by Crippen LogP contribution is -2.50. The number of carbonyl (C=O) groups is 2. The number of hydrogen-bond acceptors (Lipinski definition) is 4. The lowest BCUT2D eigenvalue weighted by atomic mass is 10.0. The van der Waals surface area contributed by atoms with Crippen molar-refractivity contribution in [3.8, 4) is 0 Å². The number of aliphatic hydroxyl groups is 1. The Morgan fingerprint density at radius 3 is 2.27 bits per heavy atom. The third kappa shape index (κ3) is 4.75. The molecular weight excluding hydrogens is 200 g/mol. The number of carbonyl (C=O) groups excluding carboxylic acids is 1. The Kier molecular flexibility index (Phi) is 5.88. The molecule has 6 heteroatoms. The van der Waals surface area contributed by atoms with E-state index >= 15 is 0 Å². The normalized spacial score (nSPS) is 14.7. The highest BCUT2D eigenvalue weighted by molar-refractivity contribution is 5.86. The van der Waals surface area contributed by atoms with Crippen LogP contribution in [0.25, 0.3) is 0 Å². The molecule has 0 aromatic heterocycles. The van der Waals surface area contributed by atoms with E-state index in [1.54, 1.807) is 13.8 Å². The molecule has 2 atom stereocenters. The second-order valence-corrected chi connectivity index (χ2v) is 3.68. The van der Waals surface area contributed by atoms with Crippen molar-refractivity contribution < 1.29 is 19.8 Å². The van der Waals surface area contributed by atoms with Crippen molar-refractivity contribution in [2.24, 2.45) is 11.7 Å². The number of rotatable bonds is 6. The highest BCUT2D eigenvalue weighted by Crippen LogP contribution is 2.00. The number of amides is 1. The van der Waals surface area contributed by atoms with E-state index in [2.05, 4.69) is 5.32 Å². The summed E-state index contributed by atoms with van der Waals surface area (Å²) in [6, 6.07) is -1.81. The lowest BCUT2D eigenvalue weighted by Gasteiger charge is -2.19. The largest absolute Gasteiger partial charge is 0.480 e. The summed E-state index contributed by atoms with van der Waals surface area (Å²) in [6.45, 7) is 3.24. The SMILES string of the molecule is CC(C)C(N)C(=O)N[C@H](CCO)C(=O)O. The molecule has 0 heterocycles. The molecule has 5 N–H and O–H groups in total. The summed E-state index contributed by atoms with van der Waals surface area (Å²) in [7, 11) is 0. The van der Waals surface area contributed by atoms with Crippen LogP contribution in [0.15, 0.2) is 0 Å². The first kappa shape index (κ1) is 13.9. The number of carboxylic acid groups (broad SMARTS) is 1. The average molecular weight is 218 g/mol. The molecule has 0 aliphatic carbocycles. The summed E-state index contributed by atoms with van der Waals surface area (Å²) < 4.78 is 0. The molecule has 0 aliphatic rings. The fourth-order valence-corrected chi connectivity index (χ4v) is 0.957. The minimum atomic E-state index is -1.17. The first-order valence-corrected chi connectivity index (χ1v) is 4.79. The summed E-state index contributed by atoms with van der Waals surface area (Å²) >= 11 is 0. The fourth-order valence-electron chi connectivity index (χ4n) is 0.957. The van der Waals surface area contributed by atoms with Gasteiger partial charge in [-0.15, -0.1) is 0 Å². The number of aliphatic carboxylic acids is 1. The van der Waals surface area contributed by atoms with Crippen molar-refractivity contribution in [1.82, 2.24) is 5.32 Å². The molecule has 0 aromatic carbocycles. The van der Waals surface area contributed by atoms with Gasteiger partial charge in [0.1, 0.15) is 6.04 Å². The molecule has 0 radical (unpaired) electrons. The molecule has 6 nitrogen and oxygen atoms in total. The van der Waals surface area contributed by atoms with Gasteiger partial charge in [0.25, 0.3) is 0 Å².